The van der Waals surface area contributed by atoms with Crippen molar-refractivity contribution in [3.8, 4) is 0 Å². The zero-order valence-electron chi connectivity index (χ0n) is 8.81. The molecule has 1 aliphatic carbocycles. The van der Waals surface area contributed by atoms with E-state index in [9.17, 15) is 4.79 Å². The first-order valence-electron chi connectivity index (χ1n) is 4.95. The van der Waals surface area contributed by atoms with Crippen LogP contribution in [0.5, 0.6) is 0 Å². The maximum Gasteiger partial charge on any atom is 0.243 e. The largest absolute Gasteiger partial charge is 0.352 e. The van der Waals surface area contributed by atoms with Gasteiger partial charge in [-0.05, 0) is 32.1 Å². The minimum atomic E-state index is 0.0492. The third-order valence-corrected chi connectivity index (χ3v) is 2.67. The Balaban J connectivity index is 2.26. The van der Waals surface area contributed by atoms with Crippen LogP contribution in [0.3, 0.4) is 0 Å². The Morgan fingerprint density at radius 1 is 1.46 bits per heavy atom. The highest BCUT2D eigenvalue weighted by molar-refractivity contribution is 5.88. The summed E-state index contributed by atoms with van der Waals surface area (Å²) in [6.07, 6.45) is 5.47. The van der Waals surface area contributed by atoms with Gasteiger partial charge in [-0.25, -0.2) is 0 Å². The van der Waals surface area contributed by atoms with Gasteiger partial charge in [0.1, 0.15) is 0 Å². The van der Waals surface area contributed by atoms with Crippen LogP contribution in [-0.2, 0) is 4.79 Å². The van der Waals surface area contributed by atoms with Gasteiger partial charge in [0, 0.05) is 12.6 Å². The van der Waals surface area contributed by atoms with Crippen molar-refractivity contribution in [2.45, 2.75) is 40.0 Å². The SMILES string of the molecule is CC(C)=CC(=O)NCC1(C)CCC1. The van der Waals surface area contributed by atoms with Crippen LogP contribution in [0.2, 0.25) is 0 Å². The molecular weight excluding hydrogens is 162 g/mol. The van der Waals surface area contributed by atoms with E-state index < -0.39 is 0 Å². The molecule has 2 heteroatoms. The molecule has 0 aliphatic heterocycles. The van der Waals surface area contributed by atoms with Gasteiger partial charge in [-0.3, -0.25) is 4.79 Å². The van der Waals surface area contributed by atoms with E-state index in [4.69, 9.17) is 0 Å². The Morgan fingerprint density at radius 3 is 2.46 bits per heavy atom. The maximum absolute atomic E-state index is 11.3. The fourth-order valence-corrected chi connectivity index (χ4v) is 1.57. The zero-order valence-corrected chi connectivity index (χ0v) is 8.81. The highest BCUT2D eigenvalue weighted by Gasteiger charge is 2.31. The molecule has 0 heterocycles. The van der Waals surface area contributed by atoms with Gasteiger partial charge in [-0.2, -0.15) is 0 Å². The Hall–Kier alpha value is -0.790. The summed E-state index contributed by atoms with van der Waals surface area (Å²) in [6, 6.07) is 0. The number of hydrogen-bond donors (Lipinski definition) is 1. The van der Waals surface area contributed by atoms with E-state index in [-0.39, 0.29) is 5.91 Å². The average Bonchev–Trinajstić information content (AvgIpc) is 1.96. The molecule has 0 bridgehead atoms. The smallest absolute Gasteiger partial charge is 0.243 e. The lowest BCUT2D eigenvalue weighted by Crippen LogP contribution is -2.39. The van der Waals surface area contributed by atoms with E-state index in [0.29, 0.717) is 5.41 Å². The first kappa shape index (κ1) is 10.3. The van der Waals surface area contributed by atoms with Crippen LogP contribution in [0.25, 0.3) is 0 Å². The summed E-state index contributed by atoms with van der Waals surface area (Å²) in [6.45, 7) is 6.93. The molecule has 0 aromatic heterocycles. The molecule has 2 nitrogen and oxygen atoms in total. The number of allylic oxidation sites excluding steroid dienone is 1. The van der Waals surface area contributed by atoms with Gasteiger partial charge in [0.2, 0.25) is 5.91 Å². The van der Waals surface area contributed by atoms with Crippen molar-refractivity contribution in [1.29, 1.82) is 0 Å². The van der Waals surface area contributed by atoms with Crippen molar-refractivity contribution in [3.63, 3.8) is 0 Å². The number of amides is 1. The van der Waals surface area contributed by atoms with Gasteiger partial charge in [0.15, 0.2) is 0 Å². The van der Waals surface area contributed by atoms with E-state index in [0.717, 1.165) is 12.1 Å². The molecule has 1 N–H and O–H groups in total. The highest BCUT2D eigenvalue weighted by atomic mass is 16.1. The van der Waals surface area contributed by atoms with Crippen molar-refractivity contribution >= 4 is 5.91 Å². The van der Waals surface area contributed by atoms with Crippen LogP contribution in [0.4, 0.5) is 0 Å². The van der Waals surface area contributed by atoms with Crippen LogP contribution in [0.1, 0.15) is 40.0 Å². The molecule has 1 amide bonds. The summed E-state index contributed by atoms with van der Waals surface area (Å²) in [5.41, 5.74) is 1.43. The lowest BCUT2D eigenvalue weighted by Gasteiger charge is -2.38. The fraction of sp³-hybridized carbons (Fsp3) is 0.727. The summed E-state index contributed by atoms with van der Waals surface area (Å²) < 4.78 is 0. The first-order chi connectivity index (χ1) is 6.02. The van der Waals surface area contributed by atoms with Gasteiger partial charge in [-0.1, -0.05) is 18.9 Å². The number of carbonyl (C=O) groups excluding carboxylic acids is 1. The molecule has 0 unspecified atom stereocenters. The molecular formula is C11H19NO. The number of carbonyl (C=O) groups is 1. The van der Waals surface area contributed by atoms with Crippen LogP contribution in [0, 0.1) is 5.41 Å². The van der Waals surface area contributed by atoms with Crippen LogP contribution in [0.15, 0.2) is 11.6 Å². The fourth-order valence-electron chi connectivity index (χ4n) is 1.57. The summed E-state index contributed by atoms with van der Waals surface area (Å²) in [5, 5.41) is 2.94. The summed E-state index contributed by atoms with van der Waals surface area (Å²) in [5.74, 6) is 0.0492. The average molecular weight is 181 g/mol. The molecule has 13 heavy (non-hydrogen) atoms. The summed E-state index contributed by atoms with van der Waals surface area (Å²) >= 11 is 0. The van der Waals surface area contributed by atoms with Crippen molar-refractivity contribution < 1.29 is 4.79 Å². The van der Waals surface area contributed by atoms with Gasteiger partial charge >= 0.3 is 0 Å². The van der Waals surface area contributed by atoms with Gasteiger partial charge in [0.05, 0.1) is 0 Å². The molecule has 1 aliphatic rings. The molecule has 0 atom stereocenters. The Labute approximate surface area is 80.4 Å². The topological polar surface area (TPSA) is 29.1 Å². The lowest BCUT2D eigenvalue weighted by atomic mass is 9.70. The summed E-state index contributed by atoms with van der Waals surface area (Å²) in [4.78, 5) is 11.3. The molecule has 1 fully saturated rings. The zero-order chi connectivity index (χ0) is 9.90. The first-order valence-corrected chi connectivity index (χ1v) is 4.95. The third-order valence-electron chi connectivity index (χ3n) is 2.67. The van der Waals surface area contributed by atoms with Gasteiger partial charge < -0.3 is 5.32 Å². The molecule has 0 radical (unpaired) electrons. The highest BCUT2D eigenvalue weighted by Crippen LogP contribution is 2.39. The third kappa shape index (κ3) is 3.21. The van der Waals surface area contributed by atoms with Crippen LogP contribution in [-0.4, -0.2) is 12.5 Å². The maximum atomic E-state index is 11.3. The van der Waals surface area contributed by atoms with Crippen molar-refractivity contribution in [3.05, 3.63) is 11.6 Å². The minimum Gasteiger partial charge on any atom is -0.352 e. The quantitative estimate of drug-likeness (QED) is 0.665. The Bertz CT molecular complexity index is 222. The van der Waals surface area contributed by atoms with Gasteiger partial charge in [-0.15, -0.1) is 0 Å². The predicted molar refractivity (Wildman–Crippen MR) is 54.4 cm³/mol. The Kier molecular flexibility index (Phi) is 3.12. The number of nitrogens with one attached hydrogen (secondary N) is 1. The standard InChI is InChI=1S/C11H19NO/c1-9(2)7-10(13)12-8-11(3)5-4-6-11/h7H,4-6,8H2,1-3H3,(H,12,13). The summed E-state index contributed by atoms with van der Waals surface area (Å²) in [7, 11) is 0. The molecule has 0 saturated heterocycles. The monoisotopic (exact) mass is 181 g/mol. The molecule has 0 spiro atoms. The van der Waals surface area contributed by atoms with Gasteiger partial charge in [0.25, 0.3) is 0 Å². The second kappa shape index (κ2) is 3.95. The lowest BCUT2D eigenvalue weighted by molar-refractivity contribution is -0.117. The van der Waals surface area contributed by atoms with E-state index in [1.54, 1.807) is 6.08 Å². The molecule has 0 aromatic rings. The second-order valence-electron chi connectivity index (χ2n) is 4.60. The van der Waals surface area contributed by atoms with Crippen molar-refractivity contribution in [1.82, 2.24) is 5.32 Å². The van der Waals surface area contributed by atoms with E-state index in [1.165, 1.54) is 19.3 Å². The molecule has 1 saturated carbocycles. The van der Waals surface area contributed by atoms with Crippen LogP contribution < -0.4 is 5.32 Å². The van der Waals surface area contributed by atoms with E-state index in [1.807, 2.05) is 13.8 Å². The molecule has 1 rings (SSSR count). The number of hydrogen-bond acceptors (Lipinski definition) is 1. The van der Waals surface area contributed by atoms with Crippen molar-refractivity contribution in [2.24, 2.45) is 5.41 Å². The molecule has 0 aromatic carbocycles. The predicted octanol–water partition coefficient (Wildman–Crippen LogP) is 2.26. The normalized spacial score (nSPS) is 18.7. The Morgan fingerprint density at radius 2 is 2.08 bits per heavy atom. The minimum absolute atomic E-state index is 0.0492. The second-order valence-corrected chi connectivity index (χ2v) is 4.60. The number of rotatable bonds is 3. The van der Waals surface area contributed by atoms with E-state index >= 15 is 0 Å². The van der Waals surface area contributed by atoms with E-state index in [2.05, 4.69) is 12.2 Å². The van der Waals surface area contributed by atoms with Crippen molar-refractivity contribution in [2.75, 3.05) is 6.54 Å². The van der Waals surface area contributed by atoms with Crippen LogP contribution >= 0.6 is 0 Å². The molecule has 74 valence electrons.